The van der Waals surface area contributed by atoms with Gasteiger partial charge in [-0.3, -0.25) is 0 Å². The van der Waals surface area contributed by atoms with Crippen molar-refractivity contribution in [3.63, 3.8) is 0 Å². The van der Waals surface area contributed by atoms with Crippen molar-refractivity contribution in [2.24, 2.45) is 0 Å². The molecule has 6 heteroatoms. The molecule has 0 saturated heterocycles. The number of benzene rings is 2. The van der Waals surface area contributed by atoms with Crippen LogP contribution in [-0.2, 0) is 0 Å². The summed E-state index contributed by atoms with van der Waals surface area (Å²) >= 11 is 0. The number of nitrogens with zero attached hydrogens (tertiary/aromatic N) is 5. The Balaban J connectivity index is 1.81. The molecule has 2 aromatic carbocycles. The predicted octanol–water partition coefficient (Wildman–Crippen LogP) is 2.95. The number of hydrogen-bond donors (Lipinski definition) is 1. The maximum atomic E-state index is 4.31. The Morgan fingerprint density at radius 2 is 1.55 bits per heavy atom. The van der Waals surface area contributed by atoms with E-state index in [1.807, 2.05) is 60.7 Å². The van der Waals surface area contributed by atoms with Gasteiger partial charge in [-0.1, -0.05) is 41.6 Å². The molecule has 0 aliphatic heterocycles. The molecule has 106 valence electrons. The average Bonchev–Trinajstić information content (AvgIpc) is 3.02. The highest BCUT2D eigenvalue weighted by atomic mass is 15.4. The molecule has 0 amide bonds. The molecule has 0 fully saturated rings. The van der Waals surface area contributed by atoms with E-state index in [9.17, 15) is 0 Å². The van der Waals surface area contributed by atoms with Crippen LogP contribution in [0.25, 0.3) is 16.9 Å². The van der Waals surface area contributed by atoms with Gasteiger partial charge in [-0.15, -0.1) is 5.10 Å². The molecule has 0 spiro atoms. The highest BCUT2D eigenvalue weighted by Crippen LogP contribution is 2.22. The van der Waals surface area contributed by atoms with Crippen LogP contribution < -0.4 is 5.32 Å². The van der Waals surface area contributed by atoms with Crippen molar-refractivity contribution in [3.05, 3.63) is 67.0 Å². The molecule has 0 bridgehead atoms. The third kappa shape index (κ3) is 2.16. The first-order chi connectivity index (χ1) is 10.9. The topological polar surface area (TPSA) is 68.5 Å². The quantitative estimate of drug-likeness (QED) is 0.627. The van der Waals surface area contributed by atoms with Crippen molar-refractivity contribution in [1.29, 1.82) is 0 Å². The van der Waals surface area contributed by atoms with Crippen molar-refractivity contribution in [1.82, 2.24) is 25.0 Å². The molecule has 0 aliphatic rings. The highest BCUT2D eigenvalue weighted by molar-refractivity contribution is 5.85. The van der Waals surface area contributed by atoms with E-state index >= 15 is 0 Å². The minimum atomic E-state index is 0.634. The molecule has 0 atom stereocenters. The van der Waals surface area contributed by atoms with Crippen molar-refractivity contribution in [2.45, 2.75) is 0 Å². The van der Waals surface area contributed by atoms with Gasteiger partial charge in [-0.2, -0.15) is 4.68 Å². The first-order valence-electron chi connectivity index (χ1n) is 6.86. The Bertz CT molecular complexity index is 902. The van der Waals surface area contributed by atoms with Crippen LogP contribution in [0.1, 0.15) is 0 Å². The van der Waals surface area contributed by atoms with Crippen LogP contribution in [0.2, 0.25) is 0 Å². The third-order valence-electron chi connectivity index (χ3n) is 3.28. The molecule has 22 heavy (non-hydrogen) atoms. The zero-order valence-corrected chi connectivity index (χ0v) is 11.6. The average molecular weight is 288 g/mol. The van der Waals surface area contributed by atoms with Gasteiger partial charge in [0.25, 0.3) is 0 Å². The zero-order valence-electron chi connectivity index (χ0n) is 11.6. The SMILES string of the molecule is c1ccc(Nc2ncnc3c2nnn3-c2ccccc2)cc1. The number of nitrogens with one attached hydrogen (secondary N) is 1. The molecule has 4 aromatic rings. The molecule has 2 heterocycles. The summed E-state index contributed by atoms with van der Waals surface area (Å²) in [7, 11) is 0. The minimum Gasteiger partial charge on any atom is -0.338 e. The summed E-state index contributed by atoms with van der Waals surface area (Å²) in [6.07, 6.45) is 1.51. The van der Waals surface area contributed by atoms with Gasteiger partial charge in [0.1, 0.15) is 6.33 Å². The van der Waals surface area contributed by atoms with Crippen LogP contribution in [0.5, 0.6) is 0 Å². The Labute approximate surface area is 126 Å². The second-order valence-corrected chi connectivity index (χ2v) is 4.72. The molecule has 1 N–H and O–H groups in total. The van der Waals surface area contributed by atoms with Crippen molar-refractivity contribution < 1.29 is 0 Å². The van der Waals surface area contributed by atoms with Gasteiger partial charge in [-0.05, 0) is 24.3 Å². The van der Waals surface area contributed by atoms with Gasteiger partial charge in [0, 0.05) is 5.69 Å². The predicted molar refractivity (Wildman–Crippen MR) is 84.2 cm³/mol. The van der Waals surface area contributed by atoms with Gasteiger partial charge >= 0.3 is 0 Å². The molecule has 2 aromatic heterocycles. The van der Waals surface area contributed by atoms with E-state index < -0.39 is 0 Å². The lowest BCUT2D eigenvalue weighted by Crippen LogP contribution is -1.99. The number of hydrogen-bond acceptors (Lipinski definition) is 5. The summed E-state index contributed by atoms with van der Waals surface area (Å²) in [4.78, 5) is 8.58. The summed E-state index contributed by atoms with van der Waals surface area (Å²) in [5.41, 5.74) is 3.15. The fourth-order valence-corrected chi connectivity index (χ4v) is 2.24. The van der Waals surface area contributed by atoms with Crippen LogP contribution in [0.3, 0.4) is 0 Å². The third-order valence-corrected chi connectivity index (χ3v) is 3.28. The van der Waals surface area contributed by atoms with Crippen LogP contribution >= 0.6 is 0 Å². The number of rotatable bonds is 3. The second-order valence-electron chi connectivity index (χ2n) is 4.72. The monoisotopic (exact) mass is 288 g/mol. The molecular formula is C16H12N6. The standard InChI is InChI=1S/C16H12N6/c1-3-7-12(8-4-1)19-15-14-16(18-11-17-15)22(21-20-14)13-9-5-2-6-10-13/h1-11H,(H,17,18,19). The largest absolute Gasteiger partial charge is 0.338 e. The highest BCUT2D eigenvalue weighted by Gasteiger charge is 2.12. The van der Waals surface area contributed by atoms with E-state index in [-0.39, 0.29) is 0 Å². The van der Waals surface area contributed by atoms with E-state index in [1.165, 1.54) is 6.33 Å². The summed E-state index contributed by atoms with van der Waals surface area (Å²) in [5, 5.41) is 11.7. The fraction of sp³-hybridized carbons (Fsp3) is 0. The second kappa shape index (κ2) is 5.25. The minimum absolute atomic E-state index is 0.634. The van der Waals surface area contributed by atoms with E-state index in [0.717, 1.165) is 11.4 Å². The fourth-order valence-electron chi connectivity index (χ4n) is 2.24. The van der Waals surface area contributed by atoms with Crippen molar-refractivity contribution in [3.8, 4) is 5.69 Å². The van der Waals surface area contributed by atoms with E-state index in [2.05, 4.69) is 25.6 Å². The lowest BCUT2D eigenvalue weighted by Gasteiger charge is -2.05. The maximum absolute atomic E-state index is 4.31. The Morgan fingerprint density at radius 1 is 0.818 bits per heavy atom. The number of aromatic nitrogens is 5. The van der Waals surface area contributed by atoms with Crippen LogP contribution in [0, 0.1) is 0 Å². The van der Waals surface area contributed by atoms with Gasteiger partial charge in [0.05, 0.1) is 5.69 Å². The zero-order chi connectivity index (χ0) is 14.8. The summed E-state index contributed by atoms with van der Waals surface area (Å²) in [5.74, 6) is 0.637. The number of anilines is 2. The first-order valence-corrected chi connectivity index (χ1v) is 6.86. The Morgan fingerprint density at radius 3 is 2.32 bits per heavy atom. The van der Waals surface area contributed by atoms with Crippen molar-refractivity contribution >= 4 is 22.7 Å². The molecule has 0 saturated carbocycles. The summed E-state index contributed by atoms with van der Waals surface area (Å²) in [6, 6.07) is 19.6. The molecule has 0 radical (unpaired) electrons. The van der Waals surface area contributed by atoms with Crippen LogP contribution in [-0.4, -0.2) is 25.0 Å². The molecular weight excluding hydrogens is 276 g/mol. The van der Waals surface area contributed by atoms with Crippen molar-refractivity contribution in [2.75, 3.05) is 5.32 Å². The smallest absolute Gasteiger partial charge is 0.189 e. The van der Waals surface area contributed by atoms with E-state index in [1.54, 1.807) is 4.68 Å². The number of fused-ring (bicyclic) bond motifs is 1. The Hall–Kier alpha value is -3.28. The molecule has 0 aliphatic carbocycles. The summed E-state index contributed by atoms with van der Waals surface area (Å²) in [6.45, 7) is 0. The maximum Gasteiger partial charge on any atom is 0.189 e. The van der Waals surface area contributed by atoms with Crippen LogP contribution in [0.4, 0.5) is 11.5 Å². The first kappa shape index (κ1) is 12.5. The summed E-state index contributed by atoms with van der Waals surface area (Å²) < 4.78 is 1.70. The molecule has 4 rings (SSSR count). The van der Waals surface area contributed by atoms with Gasteiger partial charge in [0.15, 0.2) is 17.0 Å². The lowest BCUT2D eigenvalue weighted by molar-refractivity contribution is 0.817. The van der Waals surface area contributed by atoms with E-state index in [4.69, 9.17) is 0 Å². The Kier molecular flexibility index (Phi) is 2.97. The van der Waals surface area contributed by atoms with Gasteiger partial charge < -0.3 is 5.32 Å². The van der Waals surface area contributed by atoms with E-state index in [0.29, 0.717) is 17.0 Å². The van der Waals surface area contributed by atoms with Crippen LogP contribution in [0.15, 0.2) is 67.0 Å². The van der Waals surface area contributed by atoms with Gasteiger partial charge in [-0.25, -0.2) is 9.97 Å². The lowest BCUT2D eigenvalue weighted by atomic mass is 10.3. The normalized spacial score (nSPS) is 10.7. The molecule has 6 nitrogen and oxygen atoms in total. The van der Waals surface area contributed by atoms with Gasteiger partial charge in [0.2, 0.25) is 0 Å². The number of para-hydroxylation sites is 2. The molecule has 0 unspecified atom stereocenters.